The van der Waals surface area contributed by atoms with Gasteiger partial charge in [-0.3, -0.25) is 18.5 Å². The third-order valence-electron chi connectivity index (χ3n) is 9.25. The SMILES string of the molecule is CC1(C)C(/C=C/C=C/C=C2/Nc3ccc(S(=O)(=O)O)cc3C2(C)CCCCCC(=O)O)=[N+](CCCCS(=O)(=O)O)c2ccc(S(=O)(=O)O)cc21. The second-order valence-corrected chi connectivity index (χ2v) is 17.6. The molecule has 0 spiro atoms. The molecule has 5 N–H and O–H groups in total. The Morgan fingerprint density at radius 3 is 2.06 bits per heavy atom. The van der Waals surface area contributed by atoms with E-state index in [9.17, 15) is 39.2 Å². The molecule has 0 saturated heterocycles. The van der Waals surface area contributed by atoms with Gasteiger partial charge in [0.15, 0.2) is 5.71 Å². The number of nitrogens with zero attached hydrogens (tertiary/aromatic N) is 1. The summed E-state index contributed by atoms with van der Waals surface area (Å²) in [5.74, 6) is -1.26. The number of hydrogen-bond donors (Lipinski definition) is 5. The number of anilines is 1. The molecule has 0 amide bonds. The molecular formula is C34H43N2O11S3+. The van der Waals surface area contributed by atoms with E-state index in [1.54, 1.807) is 30.4 Å². The fraction of sp³-hybridized carbons (Fsp3) is 0.412. The molecule has 0 aromatic heterocycles. The average molecular weight is 752 g/mol. The van der Waals surface area contributed by atoms with Gasteiger partial charge in [-0.2, -0.15) is 29.8 Å². The highest BCUT2D eigenvalue weighted by atomic mass is 32.2. The minimum atomic E-state index is -4.46. The standard InChI is InChI=1S/C34H42N2O11S3/c1-33(2)27-23-25(50(45,46)47)16-18-29(27)36(20-10-11-21-48(39,40)41)31(33)13-7-4-6-12-30-34(3,19-9-5-8-14-32(37)38)26-22-24(49(42,43)44)15-17-28(26)35-30/h4,6-7,12-13,15-18,22-23H,5,8-11,14,19-21H2,1-3H3,(H4,37,38,39,40,41,42,43,44,45,46,47)/p+1. The molecule has 16 heteroatoms. The average Bonchev–Trinajstić information content (AvgIpc) is 3.39. The summed E-state index contributed by atoms with van der Waals surface area (Å²) in [5.41, 5.74) is 2.94. The van der Waals surface area contributed by atoms with Crippen LogP contribution in [0.5, 0.6) is 0 Å². The van der Waals surface area contributed by atoms with E-state index in [0.29, 0.717) is 61.2 Å². The van der Waals surface area contributed by atoms with Crippen molar-refractivity contribution in [2.75, 3.05) is 17.6 Å². The summed E-state index contributed by atoms with van der Waals surface area (Å²) < 4.78 is 101. The number of rotatable bonds is 16. The van der Waals surface area contributed by atoms with E-state index in [1.807, 2.05) is 37.5 Å². The maximum atomic E-state index is 11.9. The molecule has 0 aliphatic carbocycles. The van der Waals surface area contributed by atoms with E-state index >= 15 is 0 Å². The Bertz CT molecular complexity index is 2120. The van der Waals surface area contributed by atoms with Crippen LogP contribution in [-0.2, 0) is 46.0 Å². The molecule has 1 atom stereocenters. The van der Waals surface area contributed by atoms with Crippen LogP contribution in [0.15, 0.2) is 82.3 Å². The molecule has 2 aromatic rings. The molecule has 2 aliphatic rings. The lowest BCUT2D eigenvalue weighted by molar-refractivity contribution is -0.438. The third-order valence-corrected chi connectivity index (χ3v) is 11.8. The molecule has 0 fully saturated rings. The molecular weight excluding hydrogens is 709 g/mol. The van der Waals surface area contributed by atoms with Gasteiger partial charge in [0.1, 0.15) is 6.54 Å². The van der Waals surface area contributed by atoms with Gasteiger partial charge in [-0.1, -0.05) is 31.1 Å². The second-order valence-electron chi connectivity index (χ2n) is 13.2. The Labute approximate surface area is 293 Å². The summed E-state index contributed by atoms with van der Waals surface area (Å²) in [5, 5.41) is 12.3. The van der Waals surface area contributed by atoms with Gasteiger partial charge in [-0.25, -0.2) is 0 Å². The normalized spacial score (nSPS) is 19.8. The maximum Gasteiger partial charge on any atom is 0.303 e. The summed E-state index contributed by atoms with van der Waals surface area (Å²) in [6.45, 7) is 6.15. The summed E-state index contributed by atoms with van der Waals surface area (Å²) in [7, 11) is -13.0. The Kier molecular flexibility index (Phi) is 11.7. The molecule has 4 rings (SSSR count). The quantitative estimate of drug-likeness (QED) is 0.0610. The van der Waals surface area contributed by atoms with Crippen molar-refractivity contribution in [1.82, 2.24) is 0 Å². The van der Waals surface area contributed by atoms with Gasteiger partial charge in [-0.15, -0.1) is 0 Å². The summed E-state index contributed by atoms with van der Waals surface area (Å²) in [6.07, 6.45) is 12.2. The van der Waals surface area contributed by atoms with Crippen LogP contribution in [0, 0.1) is 0 Å². The van der Waals surface area contributed by atoms with Gasteiger partial charge >= 0.3 is 5.97 Å². The minimum Gasteiger partial charge on any atom is -0.481 e. The Hall–Kier alpha value is -3.67. The van der Waals surface area contributed by atoms with Crippen molar-refractivity contribution in [1.29, 1.82) is 0 Å². The number of unbranched alkanes of at least 4 members (excludes halogenated alkanes) is 3. The first-order valence-corrected chi connectivity index (χ1v) is 20.5. The molecule has 50 heavy (non-hydrogen) atoms. The zero-order chi connectivity index (χ0) is 37.1. The van der Waals surface area contributed by atoms with Crippen molar-refractivity contribution >= 4 is 53.4 Å². The van der Waals surface area contributed by atoms with Crippen LogP contribution in [-0.4, -0.2) is 72.6 Å². The zero-order valence-electron chi connectivity index (χ0n) is 28.0. The number of allylic oxidation sites excluding steroid dienone is 6. The van der Waals surface area contributed by atoms with E-state index in [1.165, 1.54) is 24.3 Å². The topological polar surface area (TPSA) is 215 Å². The number of aliphatic carboxylic acids is 1. The van der Waals surface area contributed by atoms with Crippen LogP contribution >= 0.6 is 0 Å². The van der Waals surface area contributed by atoms with Crippen LogP contribution in [0.25, 0.3) is 0 Å². The number of carboxylic acid groups (broad SMARTS) is 1. The number of nitrogens with one attached hydrogen (secondary N) is 1. The highest BCUT2D eigenvalue weighted by Gasteiger charge is 2.45. The summed E-state index contributed by atoms with van der Waals surface area (Å²) >= 11 is 0. The Morgan fingerprint density at radius 2 is 1.44 bits per heavy atom. The van der Waals surface area contributed by atoms with Gasteiger partial charge in [0, 0.05) is 47.3 Å². The Balaban J connectivity index is 1.64. The van der Waals surface area contributed by atoms with Crippen LogP contribution in [0.1, 0.15) is 76.8 Å². The number of carbonyl (C=O) groups is 1. The van der Waals surface area contributed by atoms with Crippen molar-refractivity contribution in [3.63, 3.8) is 0 Å². The molecule has 13 nitrogen and oxygen atoms in total. The molecule has 2 aromatic carbocycles. The third kappa shape index (κ3) is 9.16. The zero-order valence-corrected chi connectivity index (χ0v) is 30.5. The molecule has 1 unspecified atom stereocenters. The van der Waals surface area contributed by atoms with Gasteiger partial charge in [0.25, 0.3) is 30.4 Å². The number of hydrogen-bond acceptors (Lipinski definition) is 8. The predicted octanol–water partition coefficient (Wildman–Crippen LogP) is 5.64. The maximum absolute atomic E-state index is 11.9. The molecule has 0 saturated carbocycles. The lowest BCUT2D eigenvalue weighted by Crippen LogP contribution is -2.28. The highest BCUT2D eigenvalue weighted by Crippen LogP contribution is 2.47. The van der Waals surface area contributed by atoms with E-state index in [4.69, 9.17) is 9.66 Å². The van der Waals surface area contributed by atoms with E-state index in [-0.39, 0.29) is 22.6 Å². The van der Waals surface area contributed by atoms with Crippen molar-refractivity contribution in [3.8, 4) is 0 Å². The van der Waals surface area contributed by atoms with Crippen molar-refractivity contribution in [2.24, 2.45) is 0 Å². The Morgan fingerprint density at radius 1 is 0.800 bits per heavy atom. The van der Waals surface area contributed by atoms with Crippen LogP contribution < -0.4 is 5.32 Å². The first-order valence-electron chi connectivity index (χ1n) is 16.0. The summed E-state index contributed by atoms with van der Waals surface area (Å²) in [4.78, 5) is 10.5. The van der Waals surface area contributed by atoms with Crippen molar-refractivity contribution in [2.45, 2.75) is 86.3 Å². The highest BCUT2D eigenvalue weighted by molar-refractivity contribution is 7.86. The van der Waals surface area contributed by atoms with Crippen molar-refractivity contribution < 1.29 is 53.4 Å². The van der Waals surface area contributed by atoms with E-state index < -0.39 is 52.9 Å². The largest absolute Gasteiger partial charge is 0.481 e. The predicted molar refractivity (Wildman–Crippen MR) is 189 cm³/mol. The summed E-state index contributed by atoms with van der Waals surface area (Å²) in [6, 6.07) is 8.71. The molecule has 2 heterocycles. The van der Waals surface area contributed by atoms with E-state index in [2.05, 4.69) is 5.32 Å². The molecule has 2 aliphatic heterocycles. The fourth-order valence-corrected chi connectivity index (χ4v) is 8.16. The number of fused-ring (bicyclic) bond motifs is 2. The van der Waals surface area contributed by atoms with Gasteiger partial charge in [-0.05, 0) is 82.0 Å². The smallest absolute Gasteiger partial charge is 0.303 e. The first kappa shape index (κ1) is 39.1. The van der Waals surface area contributed by atoms with Crippen molar-refractivity contribution in [3.05, 3.63) is 83.6 Å². The van der Waals surface area contributed by atoms with Gasteiger partial charge in [0.2, 0.25) is 5.69 Å². The van der Waals surface area contributed by atoms with E-state index in [0.717, 1.165) is 11.4 Å². The number of carboxylic acids is 1. The van der Waals surface area contributed by atoms with Crippen LogP contribution in [0.3, 0.4) is 0 Å². The van der Waals surface area contributed by atoms with Gasteiger partial charge < -0.3 is 10.4 Å². The molecule has 272 valence electrons. The van der Waals surface area contributed by atoms with Gasteiger partial charge in [0.05, 0.1) is 21.0 Å². The monoisotopic (exact) mass is 751 g/mol. The first-order chi connectivity index (χ1) is 23.1. The second kappa shape index (κ2) is 14.9. The lowest BCUT2D eigenvalue weighted by Gasteiger charge is -2.26. The molecule has 0 bridgehead atoms. The van der Waals surface area contributed by atoms with Crippen LogP contribution in [0.4, 0.5) is 11.4 Å². The lowest BCUT2D eigenvalue weighted by atomic mass is 9.77. The fourth-order valence-electron chi connectivity index (χ4n) is 6.58. The minimum absolute atomic E-state index is 0.0564. The van der Waals surface area contributed by atoms with Crippen LogP contribution in [0.2, 0.25) is 0 Å². The molecule has 0 radical (unpaired) electrons. The number of benzene rings is 2.